The Morgan fingerprint density at radius 3 is 2.76 bits per heavy atom. The van der Waals surface area contributed by atoms with Crippen LogP contribution in [-0.4, -0.2) is 17.3 Å². The summed E-state index contributed by atoms with van der Waals surface area (Å²) in [5, 5.41) is 13.5. The van der Waals surface area contributed by atoms with Crippen LogP contribution in [0.5, 0.6) is 0 Å². The maximum atomic E-state index is 10.1. The van der Waals surface area contributed by atoms with Gasteiger partial charge in [-0.05, 0) is 53.6 Å². The summed E-state index contributed by atoms with van der Waals surface area (Å²) >= 11 is 2.27. The molecule has 0 aromatic heterocycles. The normalized spacial score (nSPS) is 25.3. The summed E-state index contributed by atoms with van der Waals surface area (Å²) in [5.41, 5.74) is 7.58. The fraction of sp³-hybridized carbons (Fsp3) is 0.538. The van der Waals surface area contributed by atoms with Crippen LogP contribution >= 0.6 is 22.6 Å². The van der Waals surface area contributed by atoms with E-state index in [4.69, 9.17) is 5.73 Å². The lowest BCUT2D eigenvalue weighted by Crippen LogP contribution is -2.32. The second-order valence-electron chi connectivity index (χ2n) is 4.70. The van der Waals surface area contributed by atoms with Crippen LogP contribution in [0.3, 0.4) is 0 Å². The Bertz CT molecular complexity index is 384. The van der Waals surface area contributed by atoms with Crippen LogP contribution < -0.4 is 11.1 Å². The Labute approximate surface area is 116 Å². The van der Waals surface area contributed by atoms with Gasteiger partial charge in [-0.1, -0.05) is 19.3 Å². The number of aliphatic hydroxyl groups excluding tert-OH is 1. The van der Waals surface area contributed by atoms with Gasteiger partial charge >= 0.3 is 0 Å². The number of nitrogen functional groups attached to an aromatic ring is 1. The van der Waals surface area contributed by atoms with E-state index in [1.807, 2.05) is 18.2 Å². The maximum absolute atomic E-state index is 10.1. The van der Waals surface area contributed by atoms with Crippen LogP contribution in [0.25, 0.3) is 0 Å². The molecule has 1 fully saturated rings. The first kappa shape index (κ1) is 13.0. The Morgan fingerprint density at radius 2 is 2.00 bits per heavy atom. The molecule has 0 radical (unpaired) electrons. The summed E-state index contributed by atoms with van der Waals surface area (Å²) < 4.78 is 1.11. The number of rotatable bonds is 2. The van der Waals surface area contributed by atoms with Gasteiger partial charge in [0.1, 0.15) is 0 Å². The molecule has 0 amide bonds. The van der Waals surface area contributed by atoms with Gasteiger partial charge in [0.25, 0.3) is 0 Å². The number of benzene rings is 1. The van der Waals surface area contributed by atoms with E-state index in [1.54, 1.807) is 0 Å². The van der Waals surface area contributed by atoms with Crippen LogP contribution in [0.2, 0.25) is 0 Å². The highest BCUT2D eigenvalue weighted by molar-refractivity contribution is 14.1. The molecule has 4 N–H and O–H groups in total. The van der Waals surface area contributed by atoms with E-state index in [0.717, 1.165) is 34.2 Å². The standard InChI is InChI=1S/C13H19IN2O/c14-10-8-9(15)6-7-11(10)16-12-4-2-1-3-5-13(12)17/h6-8,12-13,16-17H,1-5,15H2. The number of nitrogens with one attached hydrogen (secondary N) is 1. The molecule has 0 spiro atoms. The van der Waals surface area contributed by atoms with Crippen LogP contribution in [0.1, 0.15) is 32.1 Å². The summed E-state index contributed by atoms with van der Waals surface area (Å²) in [6.45, 7) is 0. The zero-order valence-electron chi connectivity index (χ0n) is 9.82. The van der Waals surface area contributed by atoms with Gasteiger partial charge in [-0.2, -0.15) is 0 Å². The molecule has 1 saturated carbocycles. The van der Waals surface area contributed by atoms with Crippen molar-refractivity contribution in [3.8, 4) is 0 Å². The summed E-state index contributed by atoms with van der Waals surface area (Å²) in [6, 6.07) is 6.02. The lowest BCUT2D eigenvalue weighted by Gasteiger charge is -2.23. The third-order valence-corrected chi connectivity index (χ3v) is 4.21. The van der Waals surface area contributed by atoms with Crippen molar-refractivity contribution in [2.45, 2.75) is 44.2 Å². The zero-order valence-corrected chi connectivity index (χ0v) is 12.0. The van der Waals surface area contributed by atoms with Gasteiger partial charge in [-0.3, -0.25) is 0 Å². The number of halogens is 1. The molecule has 0 heterocycles. The van der Waals surface area contributed by atoms with Crippen LogP contribution in [-0.2, 0) is 0 Å². The molecule has 2 unspecified atom stereocenters. The number of anilines is 2. The monoisotopic (exact) mass is 346 g/mol. The number of hydrogen-bond donors (Lipinski definition) is 3. The lowest BCUT2D eigenvalue weighted by molar-refractivity contribution is 0.144. The Balaban J connectivity index is 2.08. The first-order chi connectivity index (χ1) is 8.16. The second kappa shape index (κ2) is 5.91. The molecule has 0 bridgehead atoms. The minimum atomic E-state index is -0.231. The summed E-state index contributed by atoms with van der Waals surface area (Å²) in [5.74, 6) is 0. The van der Waals surface area contributed by atoms with Gasteiger partial charge in [0.05, 0.1) is 12.1 Å². The fourth-order valence-electron chi connectivity index (χ4n) is 2.30. The highest BCUT2D eigenvalue weighted by atomic mass is 127. The first-order valence-corrected chi connectivity index (χ1v) is 7.24. The van der Waals surface area contributed by atoms with Gasteiger partial charge in [-0.15, -0.1) is 0 Å². The molecule has 0 saturated heterocycles. The van der Waals surface area contributed by atoms with Crippen molar-refractivity contribution < 1.29 is 5.11 Å². The van der Waals surface area contributed by atoms with Crippen molar-refractivity contribution in [3.63, 3.8) is 0 Å². The van der Waals surface area contributed by atoms with Crippen molar-refractivity contribution in [1.82, 2.24) is 0 Å². The van der Waals surface area contributed by atoms with E-state index < -0.39 is 0 Å². The molecule has 2 atom stereocenters. The molecule has 2 rings (SSSR count). The van der Waals surface area contributed by atoms with E-state index >= 15 is 0 Å². The molecule has 4 heteroatoms. The molecule has 1 aromatic rings. The summed E-state index contributed by atoms with van der Waals surface area (Å²) in [7, 11) is 0. The van der Waals surface area contributed by atoms with Gasteiger partial charge in [-0.25, -0.2) is 0 Å². The van der Waals surface area contributed by atoms with E-state index in [1.165, 1.54) is 12.8 Å². The predicted molar refractivity (Wildman–Crippen MR) is 80.1 cm³/mol. The quantitative estimate of drug-likeness (QED) is 0.438. The SMILES string of the molecule is Nc1ccc(NC2CCCCCC2O)c(I)c1. The largest absolute Gasteiger partial charge is 0.399 e. The van der Waals surface area contributed by atoms with E-state index in [-0.39, 0.29) is 12.1 Å². The van der Waals surface area contributed by atoms with Crippen LogP contribution in [0.4, 0.5) is 11.4 Å². The van der Waals surface area contributed by atoms with Gasteiger partial charge in [0.15, 0.2) is 0 Å². The summed E-state index contributed by atoms with van der Waals surface area (Å²) in [6.07, 6.45) is 5.28. The number of aliphatic hydroxyl groups is 1. The molecule has 17 heavy (non-hydrogen) atoms. The molecule has 3 nitrogen and oxygen atoms in total. The van der Waals surface area contributed by atoms with Gasteiger partial charge in [0, 0.05) is 14.9 Å². The molecular weight excluding hydrogens is 327 g/mol. The Kier molecular flexibility index (Phi) is 4.50. The van der Waals surface area contributed by atoms with Crippen LogP contribution in [0.15, 0.2) is 18.2 Å². The summed E-state index contributed by atoms with van der Waals surface area (Å²) in [4.78, 5) is 0. The Morgan fingerprint density at radius 1 is 1.24 bits per heavy atom. The van der Waals surface area contributed by atoms with Crippen molar-refractivity contribution in [1.29, 1.82) is 0 Å². The molecule has 1 aromatic carbocycles. The molecule has 94 valence electrons. The maximum Gasteiger partial charge on any atom is 0.0741 e. The third kappa shape index (κ3) is 3.48. The van der Waals surface area contributed by atoms with E-state index in [2.05, 4.69) is 27.9 Å². The first-order valence-electron chi connectivity index (χ1n) is 6.16. The van der Waals surface area contributed by atoms with Gasteiger partial charge in [0.2, 0.25) is 0 Å². The Hall–Kier alpha value is -0.490. The molecule has 1 aliphatic carbocycles. The smallest absolute Gasteiger partial charge is 0.0741 e. The third-order valence-electron chi connectivity index (χ3n) is 3.31. The second-order valence-corrected chi connectivity index (χ2v) is 5.86. The number of nitrogens with two attached hydrogens (primary N) is 1. The molecular formula is C13H19IN2O. The highest BCUT2D eigenvalue weighted by Gasteiger charge is 2.21. The van der Waals surface area contributed by atoms with E-state index in [9.17, 15) is 5.11 Å². The predicted octanol–water partition coefficient (Wildman–Crippen LogP) is 2.98. The molecule has 1 aliphatic rings. The lowest BCUT2D eigenvalue weighted by atomic mass is 10.1. The zero-order chi connectivity index (χ0) is 12.3. The minimum Gasteiger partial charge on any atom is -0.399 e. The average molecular weight is 346 g/mol. The van der Waals surface area contributed by atoms with Crippen molar-refractivity contribution in [3.05, 3.63) is 21.8 Å². The van der Waals surface area contributed by atoms with Crippen molar-refractivity contribution in [2.24, 2.45) is 0 Å². The average Bonchev–Trinajstić information content (AvgIpc) is 2.48. The fourth-order valence-corrected chi connectivity index (χ4v) is 3.00. The van der Waals surface area contributed by atoms with E-state index in [0.29, 0.717) is 0 Å². The van der Waals surface area contributed by atoms with Gasteiger partial charge < -0.3 is 16.2 Å². The van der Waals surface area contributed by atoms with Crippen molar-refractivity contribution in [2.75, 3.05) is 11.1 Å². The highest BCUT2D eigenvalue weighted by Crippen LogP contribution is 2.25. The topological polar surface area (TPSA) is 58.3 Å². The minimum absolute atomic E-state index is 0.176. The molecule has 0 aliphatic heterocycles. The number of hydrogen-bond acceptors (Lipinski definition) is 3. The van der Waals surface area contributed by atoms with Crippen molar-refractivity contribution >= 4 is 34.0 Å². The van der Waals surface area contributed by atoms with Crippen LogP contribution in [0, 0.1) is 3.57 Å².